The molecule has 0 saturated heterocycles. The number of carboxylic acid groups (broad SMARTS) is 1. The summed E-state index contributed by atoms with van der Waals surface area (Å²) in [6.07, 6.45) is 2.86. The van der Waals surface area contributed by atoms with Crippen LogP contribution in [0, 0.1) is 0 Å². The second kappa shape index (κ2) is 11.8. The fourth-order valence-electron chi connectivity index (χ4n) is 4.09. The first-order valence-electron chi connectivity index (χ1n) is 11.5. The molecule has 184 valence electrons. The first-order chi connectivity index (χ1) is 16.3. The number of carbonyl (C=O) groups is 2. The quantitative estimate of drug-likeness (QED) is 0.456. The number of carboxylic acids is 1. The molecule has 0 aliphatic heterocycles. The van der Waals surface area contributed by atoms with Gasteiger partial charge in [0.2, 0.25) is 5.91 Å². The number of nitrogens with one attached hydrogen (secondary N) is 2. The van der Waals surface area contributed by atoms with Crippen LogP contribution in [-0.2, 0) is 20.9 Å². The number of nitrogens with zero attached hydrogens (tertiary/aromatic N) is 1. The third kappa shape index (κ3) is 6.45. The highest BCUT2D eigenvalue weighted by Crippen LogP contribution is 2.26. The van der Waals surface area contributed by atoms with Gasteiger partial charge < -0.3 is 29.7 Å². The Morgan fingerprint density at radius 1 is 1.24 bits per heavy atom. The van der Waals surface area contributed by atoms with E-state index in [0.717, 1.165) is 24.2 Å². The molecule has 0 radical (unpaired) electrons. The molecule has 1 heterocycles. The van der Waals surface area contributed by atoms with Crippen LogP contribution in [0.1, 0.15) is 45.7 Å². The summed E-state index contributed by atoms with van der Waals surface area (Å²) in [4.78, 5) is 23.8. The van der Waals surface area contributed by atoms with E-state index >= 15 is 0 Å². The number of carbonyl (C=O) groups excluding carboxylic acids is 1. The topological polar surface area (TPSA) is 123 Å². The zero-order valence-electron chi connectivity index (χ0n) is 20.0. The van der Waals surface area contributed by atoms with Gasteiger partial charge in [0, 0.05) is 36.7 Å². The average Bonchev–Trinajstić information content (AvgIpc) is 3.31. The van der Waals surface area contributed by atoms with Gasteiger partial charge >= 0.3 is 5.97 Å². The summed E-state index contributed by atoms with van der Waals surface area (Å²) in [5.74, 6) is 0.168. The molecule has 1 amide bonds. The Morgan fingerprint density at radius 2 is 1.94 bits per heavy atom. The van der Waals surface area contributed by atoms with E-state index in [1.807, 2.05) is 44.2 Å². The molecule has 0 saturated carbocycles. The molecule has 2 aromatic rings. The zero-order valence-corrected chi connectivity index (χ0v) is 20.0. The molecule has 3 N–H and O–H groups in total. The molecule has 1 aromatic carbocycles. The lowest BCUT2D eigenvalue weighted by atomic mass is 9.87. The standard InChI is InChI=1S/C25H33N3O6/c1-5-19(6-2)33-23-12-17(25(30)31)11-21(24(23)27-15(3)29)26-14-18-13-22(34-28-18)16-7-9-20(32-4)10-8-16/h7-10,12-13,19,21,23-24,26H,5-6,11,14H2,1-4H3,(H,27,29)(H,30,31)/t21-,23+,24+/m0/s1. The van der Waals surface area contributed by atoms with Crippen molar-refractivity contribution >= 4 is 11.9 Å². The average molecular weight is 472 g/mol. The fraction of sp³-hybridized carbons (Fsp3) is 0.480. The van der Waals surface area contributed by atoms with Crippen molar-refractivity contribution in [1.29, 1.82) is 0 Å². The van der Waals surface area contributed by atoms with Crippen LogP contribution in [0.2, 0.25) is 0 Å². The maximum absolute atomic E-state index is 12.0. The van der Waals surface area contributed by atoms with Gasteiger partial charge in [0.05, 0.1) is 31.1 Å². The van der Waals surface area contributed by atoms with E-state index in [0.29, 0.717) is 18.0 Å². The lowest BCUT2D eigenvalue weighted by molar-refractivity contribution is -0.133. The molecule has 9 heteroatoms. The maximum Gasteiger partial charge on any atom is 0.331 e. The highest BCUT2D eigenvalue weighted by atomic mass is 16.5. The predicted molar refractivity (Wildman–Crippen MR) is 126 cm³/mol. The van der Waals surface area contributed by atoms with Gasteiger partial charge in [-0.1, -0.05) is 19.0 Å². The number of hydrogen-bond acceptors (Lipinski definition) is 7. The summed E-state index contributed by atoms with van der Waals surface area (Å²) in [7, 11) is 1.61. The number of aliphatic carboxylic acids is 1. The fourth-order valence-corrected chi connectivity index (χ4v) is 4.09. The van der Waals surface area contributed by atoms with E-state index in [-0.39, 0.29) is 30.0 Å². The first kappa shape index (κ1) is 25.5. The molecule has 0 bridgehead atoms. The van der Waals surface area contributed by atoms with E-state index in [2.05, 4.69) is 15.8 Å². The zero-order chi connectivity index (χ0) is 24.7. The molecule has 9 nitrogen and oxygen atoms in total. The van der Waals surface area contributed by atoms with Crippen molar-refractivity contribution in [3.05, 3.63) is 47.7 Å². The summed E-state index contributed by atoms with van der Waals surface area (Å²) in [6.45, 7) is 5.82. The van der Waals surface area contributed by atoms with Crippen molar-refractivity contribution in [3.8, 4) is 17.1 Å². The largest absolute Gasteiger partial charge is 0.497 e. The summed E-state index contributed by atoms with van der Waals surface area (Å²) in [6, 6.07) is 8.50. The van der Waals surface area contributed by atoms with Gasteiger partial charge in [-0.15, -0.1) is 0 Å². The number of amides is 1. The molecular weight excluding hydrogens is 438 g/mol. The molecule has 0 spiro atoms. The van der Waals surface area contributed by atoms with Crippen LogP contribution in [0.5, 0.6) is 5.75 Å². The summed E-state index contributed by atoms with van der Waals surface area (Å²) >= 11 is 0. The van der Waals surface area contributed by atoms with Crippen LogP contribution in [0.4, 0.5) is 0 Å². The summed E-state index contributed by atoms with van der Waals surface area (Å²) in [5, 5.41) is 20.1. The number of rotatable bonds is 11. The minimum Gasteiger partial charge on any atom is -0.497 e. The first-order valence-corrected chi connectivity index (χ1v) is 11.5. The van der Waals surface area contributed by atoms with E-state index in [4.69, 9.17) is 14.0 Å². The molecule has 0 unspecified atom stereocenters. The number of hydrogen-bond donors (Lipinski definition) is 3. The molecule has 3 rings (SSSR count). The van der Waals surface area contributed by atoms with E-state index < -0.39 is 18.1 Å². The summed E-state index contributed by atoms with van der Waals surface area (Å²) < 4.78 is 16.9. The van der Waals surface area contributed by atoms with Crippen molar-refractivity contribution in [1.82, 2.24) is 15.8 Å². The molecule has 1 aromatic heterocycles. The van der Waals surface area contributed by atoms with E-state index in [1.165, 1.54) is 6.92 Å². The van der Waals surface area contributed by atoms with Gasteiger partial charge in [0.25, 0.3) is 0 Å². The number of benzene rings is 1. The van der Waals surface area contributed by atoms with Crippen molar-refractivity contribution in [2.24, 2.45) is 0 Å². The SMILES string of the molecule is CCC(CC)O[C@@H]1C=C(C(=O)O)C[C@H](NCc2cc(-c3ccc(OC)cc3)on2)[C@H]1NC(C)=O. The Kier molecular flexibility index (Phi) is 8.84. The van der Waals surface area contributed by atoms with Gasteiger partial charge in [-0.05, 0) is 49.6 Å². The van der Waals surface area contributed by atoms with Gasteiger partial charge in [-0.2, -0.15) is 0 Å². The van der Waals surface area contributed by atoms with E-state index in [1.54, 1.807) is 13.2 Å². The third-order valence-corrected chi connectivity index (χ3v) is 5.98. The molecule has 0 fully saturated rings. The van der Waals surface area contributed by atoms with Crippen LogP contribution in [0.25, 0.3) is 11.3 Å². The monoisotopic (exact) mass is 471 g/mol. The number of aromatic nitrogens is 1. The lowest BCUT2D eigenvalue weighted by Gasteiger charge is -2.38. The van der Waals surface area contributed by atoms with Gasteiger partial charge in [0.1, 0.15) is 5.75 Å². The van der Waals surface area contributed by atoms with Crippen molar-refractivity contribution < 1.29 is 28.7 Å². The minimum atomic E-state index is -0.991. The normalized spacial score (nSPS) is 20.1. The Bertz CT molecular complexity index is 996. The summed E-state index contributed by atoms with van der Waals surface area (Å²) in [5.41, 5.74) is 1.79. The second-order valence-corrected chi connectivity index (χ2v) is 8.37. The Morgan fingerprint density at radius 3 is 2.53 bits per heavy atom. The highest BCUT2D eigenvalue weighted by molar-refractivity contribution is 5.87. The highest BCUT2D eigenvalue weighted by Gasteiger charge is 2.37. The maximum atomic E-state index is 12.0. The molecule has 1 aliphatic rings. The molecule has 3 atom stereocenters. The van der Waals surface area contributed by atoms with Crippen LogP contribution >= 0.6 is 0 Å². The van der Waals surface area contributed by atoms with Gasteiger partial charge in [-0.3, -0.25) is 4.79 Å². The van der Waals surface area contributed by atoms with Crippen LogP contribution in [0.3, 0.4) is 0 Å². The van der Waals surface area contributed by atoms with Crippen LogP contribution < -0.4 is 15.4 Å². The molecule has 34 heavy (non-hydrogen) atoms. The third-order valence-electron chi connectivity index (χ3n) is 5.98. The van der Waals surface area contributed by atoms with Crippen molar-refractivity contribution in [3.63, 3.8) is 0 Å². The smallest absolute Gasteiger partial charge is 0.331 e. The Balaban J connectivity index is 1.76. The second-order valence-electron chi connectivity index (χ2n) is 8.37. The van der Waals surface area contributed by atoms with Crippen LogP contribution in [-0.4, -0.2) is 53.5 Å². The number of methoxy groups -OCH3 is 1. The van der Waals surface area contributed by atoms with E-state index in [9.17, 15) is 14.7 Å². The lowest BCUT2D eigenvalue weighted by Crippen LogP contribution is -2.58. The Hall–Kier alpha value is -3.17. The van der Waals surface area contributed by atoms with Gasteiger partial charge in [0.15, 0.2) is 5.76 Å². The Labute approximate surface area is 199 Å². The predicted octanol–water partition coefficient (Wildman–Crippen LogP) is 3.30. The van der Waals surface area contributed by atoms with Crippen LogP contribution in [0.15, 0.2) is 46.5 Å². The number of ether oxygens (including phenoxy) is 2. The van der Waals surface area contributed by atoms with Crippen molar-refractivity contribution in [2.75, 3.05) is 7.11 Å². The molecular formula is C25H33N3O6. The van der Waals surface area contributed by atoms with Gasteiger partial charge in [-0.25, -0.2) is 4.79 Å². The van der Waals surface area contributed by atoms with Crippen molar-refractivity contribution in [2.45, 2.75) is 70.9 Å². The molecule has 1 aliphatic carbocycles. The minimum absolute atomic E-state index is 0.0334.